The Hall–Kier alpha value is -4.91. The van der Waals surface area contributed by atoms with Crippen LogP contribution in [-0.2, 0) is 32.0 Å². The molecule has 0 saturated carbocycles. The molecule has 13 heteroatoms. The van der Waals surface area contributed by atoms with Crippen LogP contribution >= 0.6 is 0 Å². The minimum atomic E-state index is -1.24. The Morgan fingerprint density at radius 3 is 2.09 bits per heavy atom. The number of benzene rings is 2. The molecule has 2 aromatic carbocycles. The summed E-state index contributed by atoms with van der Waals surface area (Å²) in [7, 11) is 0. The molecule has 242 valence electrons. The summed E-state index contributed by atoms with van der Waals surface area (Å²) in [5, 5.41) is 18.8. The number of aromatic amines is 1. The van der Waals surface area contributed by atoms with E-state index in [2.05, 4.69) is 25.9 Å². The zero-order valence-electron chi connectivity index (χ0n) is 25.7. The second-order valence-electron chi connectivity index (χ2n) is 11.5. The van der Waals surface area contributed by atoms with Crippen LogP contribution in [-0.4, -0.2) is 70.5 Å². The Labute approximate surface area is 262 Å². The number of nitrogens with two attached hydrogens (primary N) is 3. The Morgan fingerprint density at radius 1 is 0.844 bits per heavy atom. The maximum atomic E-state index is 13.9. The van der Waals surface area contributed by atoms with E-state index in [0.717, 1.165) is 22.0 Å². The molecule has 4 atom stereocenters. The van der Waals surface area contributed by atoms with Gasteiger partial charge in [0.25, 0.3) is 0 Å². The van der Waals surface area contributed by atoms with Gasteiger partial charge in [0.15, 0.2) is 5.96 Å². The normalized spacial score (nSPS) is 13.8. The summed E-state index contributed by atoms with van der Waals surface area (Å²) in [5.41, 5.74) is 19.2. The van der Waals surface area contributed by atoms with Crippen molar-refractivity contribution in [3.8, 4) is 0 Å². The Morgan fingerprint density at radius 2 is 1.44 bits per heavy atom. The highest BCUT2D eigenvalue weighted by atomic mass is 16.4. The Balaban J connectivity index is 1.86. The van der Waals surface area contributed by atoms with Gasteiger partial charge in [0.05, 0.1) is 6.04 Å². The van der Waals surface area contributed by atoms with Gasteiger partial charge in [0.2, 0.25) is 17.7 Å². The van der Waals surface area contributed by atoms with E-state index in [9.17, 15) is 24.3 Å². The summed E-state index contributed by atoms with van der Waals surface area (Å²) >= 11 is 0. The molecule has 0 aliphatic rings. The molecule has 3 rings (SSSR count). The molecule has 0 aliphatic heterocycles. The van der Waals surface area contributed by atoms with Gasteiger partial charge < -0.3 is 43.2 Å². The third-order valence-corrected chi connectivity index (χ3v) is 7.27. The number of guanidine groups is 1. The van der Waals surface area contributed by atoms with Crippen molar-refractivity contribution in [2.24, 2.45) is 28.1 Å². The standard InChI is InChI=1S/C32H44N8O5/c1-19(2)15-23(33)28(41)39-27(17-21-18-37-24-12-7-6-11-22(21)24)30(43)40-26(16-20-9-4-3-5-10-20)29(42)38-25(31(44)45)13-8-14-36-32(34)35/h3-7,9-12,18-19,23,25-27,37H,8,13-17,33H2,1-2H3,(H,38,42)(H,39,41)(H,40,43)(H,44,45)(H4,34,35,36). The van der Waals surface area contributed by atoms with Crippen molar-refractivity contribution in [3.05, 3.63) is 71.9 Å². The largest absolute Gasteiger partial charge is 0.480 e. The van der Waals surface area contributed by atoms with E-state index < -0.39 is 47.9 Å². The fourth-order valence-corrected chi connectivity index (χ4v) is 4.99. The number of nitrogens with one attached hydrogen (secondary N) is 4. The number of aliphatic imine (C=N–C) groups is 1. The lowest BCUT2D eigenvalue weighted by molar-refractivity contribution is -0.142. The number of para-hydroxylation sites is 1. The maximum absolute atomic E-state index is 13.9. The van der Waals surface area contributed by atoms with Crippen LogP contribution in [0, 0.1) is 5.92 Å². The van der Waals surface area contributed by atoms with E-state index in [0.29, 0.717) is 12.8 Å². The number of amides is 3. The number of hydrogen-bond donors (Lipinski definition) is 8. The van der Waals surface area contributed by atoms with Crippen molar-refractivity contribution < 1.29 is 24.3 Å². The van der Waals surface area contributed by atoms with Gasteiger partial charge in [-0.15, -0.1) is 0 Å². The van der Waals surface area contributed by atoms with Gasteiger partial charge in [0.1, 0.15) is 18.1 Å². The minimum absolute atomic E-state index is 0.0663. The van der Waals surface area contributed by atoms with E-state index in [-0.39, 0.29) is 37.7 Å². The number of fused-ring (bicyclic) bond motifs is 1. The van der Waals surface area contributed by atoms with Crippen molar-refractivity contribution in [1.29, 1.82) is 0 Å². The summed E-state index contributed by atoms with van der Waals surface area (Å²) in [6.07, 6.45) is 2.78. The number of carboxylic acid groups (broad SMARTS) is 1. The predicted molar refractivity (Wildman–Crippen MR) is 173 cm³/mol. The lowest BCUT2D eigenvalue weighted by Crippen LogP contribution is -2.58. The van der Waals surface area contributed by atoms with Gasteiger partial charge in [-0.05, 0) is 42.4 Å². The predicted octanol–water partition coefficient (Wildman–Crippen LogP) is 0.919. The van der Waals surface area contributed by atoms with Crippen LogP contribution < -0.4 is 33.2 Å². The molecule has 4 unspecified atom stereocenters. The van der Waals surface area contributed by atoms with E-state index >= 15 is 0 Å². The van der Waals surface area contributed by atoms with Crippen LogP contribution in [0.5, 0.6) is 0 Å². The van der Waals surface area contributed by atoms with Crippen LogP contribution in [0.3, 0.4) is 0 Å². The van der Waals surface area contributed by atoms with Crippen LogP contribution in [0.15, 0.2) is 65.8 Å². The first-order chi connectivity index (χ1) is 21.4. The number of carboxylic acids is 1. The zero-order chi connectivity index (χ0) is 32.9. The highest BCUT2D eigenvalue weighted by molar-refractivity contribution is 5.95. The molecule has 3 aromatic rings. The van der Waals surface area contributed by atoms with Crippen LogP contribution in [0.25, 0.3) is 10.9 Å². The number of aromatic nitrogens is 1. The lowest BCUT2D eigenvalue weighted by atomic mass is 10.00. The summed E-state index contributed by atoms with van der Waals surface area (Å²) in [6, 6.07) is 12.3. The van der Waals surface area contributed by atoms with Crippen molar-refractivity contribution in [2.45, 2.75) is 70.1 Å². The molecule has 1 aromatic heterocycles. The first kappa shape index (κ1) is 34.6. The van der Waals surface area contributed by atoms with Gasteiger partial charge in [-0.1, -0.05) is 62.4 Å². The van der Waals surface area contributed by atoms with Crippen LogP contribution in [0.2, 0.25) is 0 Å². The Kier molecular flexibility index (Phi) is 12.9. The zero-order valence-corrected chi connectivity index (χ0v) is 25.7. The molecule has 0 bridgehead atoms. The molecular weight excluding hydrogens is 576 g/mol. The van der Waals surface area contributed by atoms with Crippen LogP contribution in [0.1, 0.15) is 44.2 Å². The van der Waals surface area contributed by atoms with Gasteiger partial charge in [-0.25, -0.2) is 4.79 Å². The molecular formula is C32H44N8O5. The summed E-state index contributed by atoms with van der Waals surface area (Å²) in [4.78, 5) is 59.5. The first-order valence-corrected chi connectivity index (χ1v) is 15.0. The molecule has 0 spiro atoms. The SMILES string of the molecule is CC(C)CC(N)C(=O)NC(Cc1c[nH]c2ccccc12)C(=O)NC(Cc1ccccc1)C(=O)NC(CCCN=C(N)N)C(=O)O. The van der Waals surface area contributed by atoms with Crippen molar-refractivity contribution in [2.75, 3.05) is 6.54 Å². The maximum Gasteiger partial charge on any atom is 0.326 e. The highest BCUT2D eigenvalue weighted by Gasteiger charge is 2.31. The van der Waals surface area contributed by atoms with E-state index in [1.165, 1.54) is 0 Å². The molecule has 0 radical (unpaired) electrons. The van der Waals surface area contributed by atoms with E-state index in [4.69, 9.17) is 17.2 Å². The second kappa shape index (κ2) is 16.8. The molecule has 0 aliphatic carbocycles. The molecule has 0 saturated heterocycles. The number of H-pyrrole nitrogens is 1. The van der Waals surface area contributed by atoms with Crippen molar-refractivity contribution in [3.63, 3.8) is 0 Å². The van der Waals surface area contributed by atoms with Crippen LogP contribution in [0.4, 0.5) is 0 Å². The van der Waals surface area contributed by atoms with Gasteiger partial charge >= 0.3 is 5.97 Å². The third kappa shape index (κ3) is 10.9. The average Bonchev–Trinajstić information content (AvgIpc) is 3.40. The van der Waals surface area contributed by atoms with Crippen molar-refractivity contribution in [1.82, 2.24) is 20.9 Å². The fraction of sp³-hybridized carbons (Fsp3) is 0.406. The quantitative estimate of drug-likeness (QED) is 0.0613. The van der Waals surface area contributed by atoms with Gasteiger partial charge in [0, 0.05) is 36.5 Å². The monoisotopic (exact) mass is 620 g/mol. The Bertz CT molecular complexity index is 1470. The smallest absolute Gasteiger partial charge is 0.326 e. The highest BCUT2D eigenvalue weighted by Crippen LogP contribution is 2.19. The number of carbonyl (C=O) groups is 4. The molecule has 1 heterocycles. The molecule has 13 nitrogen and oxygen atoms in total. The van der Waals surface area contributed by atoms with Gasteiger partial charge in [-0.2, -0.15) is 0 Å². The van der Waals surface area contributed by atoms with E-state index in [1.54, 1.807) is 30.5 Å². The van der Waals surface area contributed by atoms with Gasteiger partial charge in [-0.3, -0.25) is 19.4 Å². The third-order valence-electron chi connectivity index (χ3n) is 7.27. The summed E-state index contributed by atoms with van der Waals surface area (Å²) in [6.45, 7) is 4.09. The van der Waals surface area contributed by atoms with Crippen molar-refractivity contribution >= 4 is 40.6 Å². The lowest BCUT2D eigenvalue weighted by Gasteiger charge is -2.25. The number of rotatable bonds is 17. The topological polar surface area (TPSA) is 231 Å². The molecule has 3 amide bonds. The first-order valence-electron chi connectivity index (χ1n) is 15.0. The minimum Gasteiger partial charge on any atom is -0.480 e. The number of carbonyl (C=O) groups excluding carboxylic acids is 3. The average molecular weight is 621 g/mol. The second-order valence-corrected chi connectivity index (χ2v) is 11.5. The van der Waals surface area contributed by atoms with E-state index in [1.807, 2.05) is 44.2 Å². The summed E-state index contributed by atoms with van der Waals surface area (Å²) < 4.78 is 0. The molecule has 11 N–H and O–H groups in total. The number of aliphatic carboxylic acids is 1. The molecule has 45 heavy (non-hydrogen) atoms. The molecule has 0 fully saturated rings. The number of hydrogen-bond acceptors (Lipinski definition) is 6. The fourth-order valence-electron chi connectivity index (χ4n) is 4.99. The number of nitrogens with zero attached hydrogens (tertiary/aromatic N) is 1. The summed E-state index contributed by atoms with van der Waals surface area (Å²) in [5.74, 6) is -2.97.